The molecule has 1 fully saturated rings. The molecule has 3 aromatic rings. The molecule has 0 aliphatic heterocycles. The highest BCUT2D eigenvalue weighted by atomic mass is 31.2. The van der Waals surface area contributed by atoms with Crippen LogP contribution in [0.3, 0.4) is 0 Å². The number of carboxylic acid groups (broad SMARTS) is 1. The fourth-order valence-electron chi connectivity index (χ4n) is 5.53. The zero-order valence-corrected chi connectivity index (χ0v) is 28.2. The van der Waals surface area contributed by atoms with Crippen molar-refractivity contribution in [2.24, 2.45) is 0 Å². The van der Waals surface area contributed by atoms with Gasteiger partial charge in [-0.25, -0.2) is 19.6 Å². The van der Waals surface area contributed by atoms with Crippen LogP contribution in [0.1, 0.15) is 56.0 Å². The number of benzene rings is 1. The van der Waals surface area contributed by atoms with Gasteiger partial charge in [-0.2, -0.15) is 13.2 Å². The van der Waals surface area contributed by atoms with Crippen molar-refractivity contribution in [2.45, 2.75) is 63.9 Å². The number of carbonyl (C=O) groups excluding carboxylic acids is 1. The molecule has 4 rings (SSSR count). The molecule has 2 atom stereocenters. The minimum atomic E-state index is -4.76. The van der Waals surface area contributed by atoms with Crippen LogP contribution in [0, 0.1) is 0 Å². The van der Waals surface area contributed by atoms with Gasteiger partial charge in [0.15, 0.2) is 0 Å². The number of amides is 1. The third kappa shape index (κ3) is 9.23. The molecule has 0 spiro atoms. The largest absolute Gasteiger partial charge is 0.478 e. The average molecular weight is 683 g/mol. The molecule has 0 saturated heterocycles. The monoisotopic (exact) mass is 682 g/mol. The van der Waals surface area contributed by atoms with Crippen LogP contribution in [0.5, 0.6) is 0 Å². The van der Waals surface area contributed by atoms with E-state index in [1.165, 1.54) is 36.6 Å². The number of aromatic amines is 1. The number of hydrogen-bond acceptors (Lipinski definition) is 9. The molecule has 1 aliphatic rings. The summed E-state index contributed by atoms with van der Waals surface area (Å²) in [5.74, 6) is -1.25. The summed E-state index contributed by atoms with van der Waals surface area (Å²) < 4.78 is 66.4. The number of likely N-dealkylation sites (N-methyl/N-ethyl adjacent to an activating group) is 1. The van der Waals surface area contributed by atoms with Crippen LogP contribution in [0.15, 0.2) is 24.5 Å². The first-order valence-electron chi connectivity index (χ1n) is 15.2. The lowest BCUT2D eigenvalue weighted by atomic mass is 10.0. The molecule has 1 amide bonds. The Balaban J connectivity index is 1.40. The highest BCUT2D eigenvalue weighted by Crippen LogP contribution is 2.43. The van der Waals surface area contributed by atoms with Gasteiger partial charge < -0.3 is 39.7 Å². The summed E-state index contributed by atoms with van der Waals surface area (Å²) in [5.41, 5.74) is -1.89. The van der Waals surface area contributed by atoms with Gasteiger partial charge in [-0.15, -0.1) is 0 Å². The zero-order valence-electron chi connectivity index (χ0n) is 27.3. The molecule has 1 aliphatic carbocycles. The van der Waals surface area contributed by atoms with E-state index in [9.17, 15) is 32.4 Å². The van der Waals surface area contributed by atoms with Crippen molar-refractivity contribution in [1.29, 1.82) is 0 Å². The minimum absolute atomic E-state index is 0.0319. The van der Waals surface area contributed by atoms with E-state index in [2.05, 4.69) is 25.6 Å². The standard InChI is InChI=1S/C31H42F3N6O6P/c1-30(2,3)46-29(43)40(4)12-14-45-13-11-35-18-7-8-19(15-18)38-28-37-17-23(31(32,33)34)24(39-28)22-16-36-25-20(22)9-10-21(27(41)42)26(25)47(5,6)44/h9-10,16-19,35-36H,7-8,11-15H2,1-6H3,(H,41,42)(H,37,38,39)/t18-,19-/m0/s1. The van der Waals surface area contributed by atoms with E-state index in [4.69, 9.17) is 9.47 Å². The Morgan fingerprint density at radius 3 is 2.49 bits per heavy atom. The van der Waals surface area contributed by atoms with E-state index in [1.54, 1.807) is 27.8 Å². The number of carbonyl (C=O) groups is 2. The second kappa shape index (κ2) is 14.2. The number of anilines is 1. The number of nitrogens with zero attached hydrogens (tertiary/aromatic N) is 3. The SMILES string of the molecule is CN(CCOCCN[C@H]1CC[C@H](Nc2ncc(C(F)(F)F)c(-c3c[nH]c4c(P(C)(C)=O)c(C(=O)O)ccc34)n2)C1)C(=O)OC(C)(C)C. The van der Waals surface area contributed by atoms with Crippen molar-refractivity contribution < 1.29 is 41.9 Å². The number of fused-ring (bicyclic) bond motifs is 1. The van der Waals surface area contributed by atoms with Crippen molar-refractivity contribution in [3.8, 4) is 11.3 Å². The minimum Gasteiger partial charge on any atom is -0.478 e. The molecule has 258 valence electrons. The van der Waals surface area contributed by atoms with Crippen LogP contribution in [0.25, 0.3) is 22.2 Å². The maximum atomic E-state index is 14.1. The number of carboxylic acids is 1. The lowest BCUT2D eigenvalue weighted by Crippen LogP contribution is -2.36. The Morgan fingerprint density at radius 1 is 1.15 bits per heavy atom. The van der Waals surface area contributed by atoms with Crippen LogP contribution >= 0.6 is 7.14 Å². The lowest BCUT2D eigenvalue weighted by molar-refractivity contribution is -0.137. The maximum absolute atomic E-state index is 14.1. The molecule has 2 aromatic heterocycles. The summed E-state index contributed by atoms with van der Waals surface area (Å²) in [6.45, 7) is 10.0. The Bertz CT molecular complexity index is 1650. The van der Waals surface area contributed by atoms with Gasteiger partial charge in [0, 0.05) is 60.9 Å². The summed E-state index contributed by atoms with van der Waals surface area (Å²) in [5, 5.41) is 16.6. The van der Waals surface area contributed by atoms with Gasteiger partial charge in [0.05, 0.1) is 30.0 Å². The van der Waals surface area contributed by atoms with Gasteiger partial charge in [0.25, 0.3) is 0 Å². The number of aromatic nitrogens is 3. The maximum Gasteiger partial charge on any atom is 0.419 e. The first-order valence-corrected chi connectivity index (χ1v) is 17.8. The van der Waals surface area contributed by atoms with E-state index in [1.807, 2.05) is 0 Å². The number of halogens is 3. The molecule has 0 unspecified atom stereocenters. The normalized spacial score (nSPS) is 17.2. The Hall–Kier alpha value is -3.68. The van der Waals surface area contributed by atoms with Crippen LogP contribution < -0.4 is 15.9 Å². The summed E-state index contributed by atoms with van der Waals surface area (Å²) in [6.07, 6.45) is -0.845. The second-order valence-electron chi connectivity index (χ2n) is 13.0. The van der Waals surface area contributed by atoms with E-state index in [0.29, 0.717) is 32.7 Å². The molecule has 2 heterocycles. The van der Waals surface area contributed by atoms with Gasteiger partial charge in [0.2, 0.25) is 5.95 Å². The summed E-state index contributed by atoms with van der Waals surface area (Å²) in [4.78, 5) is 36.4. The zero-order chi connectivity index (χ0) is 34.7. The molecule has 4 N–H and O–H groups in total. The van der Waals surface area contributed by atoms with Gasteiger partial charge >= 0.3 is 18.2 Å². The van der Waals surface area contributed by atoms with Crippen molar-refractivity contribution in [1.82, 2.24) is 25.2 Å². The van der Waals surface area contributed by atoms with Gasteiger partial charge in [-0.05, 0) is 59.4 Å². The summed E-state index contributed by atoms with van der Waals surface area (Å²) in [7, 11) is -1.51. The predicted octanol–water partition coefficient (Wildman–Crippen LogP) is 5.40. The molecular weight excluding hydrogens is 640 g/mol. The number of H-pyrrole nitrogens is 1. The first kappa shape index (κ1) is 36.2. The van der Waals surface area contributed by atoms with Gasteiger partial charge in [-0.3, -0.25) is 0 Å². The van der Waals surface area contributed by atoms with Gasteiger partial charge in [0.1, 0.15) is 18.3 Å². The fraction of sp³-hybridized carbons (Fsp3) is 0.548. The first-order chi connectivity index (χ1) is 21.8. The number of rotatable bonds is 12. The molecule has 16 heteroatoms. The Morgan fingerprint density at radius 2 is 1.85 bits per heavy atom. The smallest absolute Gasteiger partial charge is 0.419 e. The second-order valence-corrected chi connectivity index (χ2v) is 16.2. The summed E-state index contributed by atoms with van der Waals surface area (Å²) in [6, 6.07) is 2.72. The fourth-order valence-corrected chi connectivity index (χ4v) is 7.00. The third-order valence-corrected chi connectivity index (χ3v) is 9.21. The Kier molecular flexibility index (Phi) is 10.9. The number of alkyl halides is 3. The summed E-state index contributed by atoms with van der Waals surface area (Å²) >= 11 is 0. The molecule has 12 nitrogen and oxygen atoms in total. The highest BCUT2D eigenvalue weighted by Gasteiger charge is 2.37. The molecule has 0 bridgehead atoms. The molecule has 1 aromatic carbocycles. The van der Waals surface area contributed by atoms with Crippen LogP contribution in [0.2, 0.25) is 0 Å². The Labute approximate surface area is 271 Å². The molecule has 47 heavy (non-hydrogen) atoms. The number of hydrogen-bond donors (Lipinski definition) is 4. The van der Waals surface area contributed by atoms with Crippen molar-refractivity contribution >= 4 is 41.4 Å². The topological polar surface area (TPSA) is 159 Å². The number of nitrogens with one attached hydrogen (secondary N) is 3. The predicted molar refractivity (Wildman–Crippen MR) is 173 cm³/mol. The molecule has 0 radical (unpaired) electrons. The quantitative estimate of drug-likeness (QED) is 0.144. The van der Waals surface area contributed by atoms with Crippen LogP contribution in [0.4, 0.5) is 23.9 Å². The van der Waals surface area contributed by atoms with Gasteiger partial charge in [-0.1, -0.05) is 6.07 Å². The van der Waals surface area contributed by atoms with Crippen LogP contribution in [-0.4, -0.2) is 101 Å². The van der Waals surface area contributed by atoms with E-state index in [0.717, 1.165) is 19.0 Å². The van der Waals surface area contributed by atoms with Crippen molar-refractivity contribution in [3.63, 3.8) is 0 Å². The van der Waals surface area contributed by atoms with Crippen molar-refractivity contribution in [3.05, 3.63) is 35.7 Å². The van der Waals surface area contributed by atoms with E-state index >= 15 is 0 Å². The highest BCUT2D eigenvalue weighted by molar-refractivity contribution is 7.70. The number of aromatic carboxylic acids is 1. The molecular formula is C31H42F3N6O6P. The van der Waals surface area contributed by atoms with Crippen molar-refractivity contribution in [2.75, 3.05) is 52.0 Å². The average Bonchev–Trinajstić information content (AvgIpc) is 3.58. The lowest BCUT2D eigenvalue weighted by Gasteiger charge is -2.24. The van der Waals surface area contributed by atoms with E-state index in [-0.39, 0.29) is 51.1 Å². The number of ether oxygens (including phenoxy) is 2. The molecule has 1 saturated carbocycles. The van der Waals surface area contributed by atoms with Crippen LogP contribution in [-0.2, 0) is 20.2 Å². The third-order valence-electron chi connectivity index (χ3n) is 7.67. The van der Waals surface area contributed by atoms with E-state index < -0.39 is 36.5 Å².